The van der Waals surface area contributed by atoms with Crippen molar-refractivity contribution in [3.8, 4) is 0 Å². The molecule has 0 aliphatic carbocycles. The van der Waals surface area contributed by atoms with Crippen LogP contribution < -0.4 is 16.2 Å². The fraction of sp³-hybridized carbons (Fsp3) is 0.414. The third-order valence-corrected chi connectivity index (χ3v) is 7.05. The third kappa shape index (κ3) is 5.16. The van der Waals surface area contributed by atoms with E-state index in [0.29, 0.717) is 29.1 Å². The Morgan fingerprint density at radius 1 is 1.30 bits per heavy atom. The minimum Gasteiger partial charge on any atom is -0.324 e. The molecule has 0 unspecified atom stereocenters. The maximum atomic E-state index is 14.3. The van der Waals surface area contributed by atoms with Gasteiger partial charge in [-0.3, -0.25) is 4.79 Å². The Kier molecular flexibility index (Phi) is 6.99. The van der Waals surface area contributed by atoms with Gasteiger partial charge in [0, 0.05) is 42.6 Å². The van der Waals surface area contributed by atoms with Gasteiger partial charge < -0.3 is 10.6 Å². The van der Waals surface area contributed by atoms with Gasteiger partial charge in [-0.2, -0.15) is 4.98 Å². The van der Waals surface area contributed by atoms with E-state index in [1.54, 1.807) is 15.6 Å². The largest absolute Gasteiger partial charge is 0.324 e. The molecule has 0 spiro atoms. The number of hydrogen-bond donors (Lipinski definition) is 2. The monoisotopic (exact) mass is 504 g/mol. The summed E-state index contributed by atoms with van der Waals surface area (Å²) < 4.78 is 17.7. The third-order valence-electron chi connectivity index (χ3n) is 7.05. The van der Waals surface area contributed by atoms with Crippen molar-refractivity contribution in [2.75, 3.05) is 11.9 Å². The SMILES string of the molecule is C=C(/C(C)=C\C=C(/C)n1c2nc(Nc3ccc4c(c3)CNCC4(C)C)ncc2c(=O)n1CC)C(C)(C)F. The summed E-state index contributed by atoms with van der Waals surface area (Å²) in [4.78, 5) is 22.2. The molecule has 0 saturated carbocycles. The van der Waals surface area contributed by atoms with E-state index < -0.39 is 5.67 Å². The van der Waals surface area contributed by atoms with Crippen molar-refractivity contribution in [1.82, 2.24) is 24.6 Å². The maximum absolute atomic E-state index is 14.3. The Morgan fingerprint density at radius 3 is 2.70 bits per heavy atom. The molecule has 0 fully saturated rings. The van der Waals surface area contributed by atoms with Crippen LogP contribution in [0.1, 0.15) is 59.6 Å². The number of rotatable bonds is 7. The normalized spacial score (nSPS) is 16.1. The number of hydrogen-bond acceptors (Lipinski definition) is 5. The molecule has 0 saturated heterocycles. The second kappa shape index (κ2) is 9.74. The smallest absolute Gasteiger partial charge is 0.278 e. The minimum absolute atomic E-state index is 0.0731. The number of nitrogens with one attached hydrogen (secondary N) is 2. The van der Waals surface area contributed by atoms with Gasteiger partial charge in [0.1, 0.15) is 11.1 Å². The number of allylic oxidation sites excluding steroid dienone is 5. The zero-order chi connectivity index (χ0) is 27.1. The van der Waals surface area contributed by atoms with Crippen LogP contribution >= 0.6 is 0 Å². The van der Waals surface area contributed by atoms with Gasteiger partial charge in [0.25, 0.3) is 5.56 Å². The van der Waals surface area contributed by atoms with Crippen molar-refractivity contribution in [2.45, 2.75) is 72.6 Å². The van der Waals surface area contributed by atoms with Crippen molar-refractivity contribution in [3.63, 3.8) is 0 Å². The van der Waals surface area contributed by atoms with E-state index in [2.05, 4.69) is 48.2 Å². The van der Waals surface area contributed by atoms with Crippen molar-refractivity contribution in [1.29, 1.82) is 0 Å². The van der Waals surface area contributed by atoms with Crippen molar-refractivity contribution >= 4 is 28.4 Å². The molecule has 7 nitrogen and oxygen atoms in total. The molecule has 3 aromatic rings. The summed E-state index contributed by atoms with van der Waals surface area (Å²) in [6, 6.07) is 6.33. The van der Waals surface area contributed by atoms with E-state index in [1.165, 1.54) is 25.0 Å². The predicted octanol–water partition coefficient (Wildman–Crippen LogP) is 5.85. The predicted molar refractivity (Wildman–Crippen MR) is 150 cm³/mol. The molecule has 196 valence electrons. The van der Waals surface area contributed by atoms with Gasteiger partial charge in [0.2, 0.25) is 5.95 Å². The van der Waals surface area contributed by atoms with E-state index >= 15 is 0 Å². The van der Waals surface area contributed by atoms with Gasteiger partial charge >= 0.3 is 0 Å². The first-order chi connectivity index (χ1) is 17.3. The number of benzene rings is 1. The topological polar surface area (TPSA) is 76.8 Å². The first-order valence-corrected chi connectivity index (χ1v) is 12.7. The van der Waals surface area contributed by atoms with E-state index in [0.717, 1.165) is 30.0 Å². The summed E-state index contributed by atoms with van der Waals surface area (Å²) in [5, 5.41) is 7.23. The zero-order valence-electron chi connectivity index (χ0n) is 22.9. The fourth-order valence-corrected chi connectivity index (χ4v) is 4.83. The highest BCUT2D eigenvalue weighted by Gasteiger charge is 2.27. The molecule has 1 aliphatic rings. The van der Waals surface area contributed by atoms with Gasteiger partial charge in [-0.1, -0.05) is 32.6 Å². The fourth-order valence-electron chi connectivity index (χ4n) is 4.83. The highest BCUT2D eigenvalue weighted by molar-refractivity contribution is 5.79. The molecule has 4 rings (SSSR count). The number of alkyl halides is 1. The summed E-state index contributed by atoms with van der Waals surface area (Å²) in [7, 11) is 0. The maximum Gasteiger partial charge on any atom is 0.278 e. The van der Waals surface area contributed by atoms with Crippen LogP contribution in [0.5, 0.6) is 0 Å². The lowest BCUT2D eigenvalue weighted by Crippen LogP contribution is -2.38. The Morgan fingerprint density at radius 2 is 2.03 bits per heavy atom. The van der Waals surface area contributed by atoms with Crippen LogP contribution in [0.4, 0.5) is 16.0 Å². The summed E-state index contributed by atoms with van der Waals surface area (Å²) >= 11 is 0. The first kappa shape index (κ1) is 26.5. The highest BCUT2D eigenvalue weighted by atomic mass is 19.1. The number of halogens is 1. The Balaban J connectivity index is 1.73. The van der Waals surface area contributed by atoms with Crippen molar-refractivity contribution in [2.24, 2.45) is 0 Å². The standard InChI is InChI=1S/C29H37FN6O/c1-9-35-26(37)23-16-32-27(33-22-12-13-24-21(14-22)15-31-17-28(24,5)6)34-25(23)36(35)19(3)11-10-18(2)20(4)29(7,8)30/h10-14,16,31H,4,9,15,17H2,1-3,5-8H3,(H,32,33,34)/b18-10-,19-11+. The quantitative estimate of drug-likeness (QED) is 0.395. The average Bonchev–Trinajstić information content (AvgIpc) is 3.11. The van der Waals surface area contributed by atoms with Gasteiger partial charge in [-0.15, -0.1) is 0 Å². The molecular weight excluding hydrogens is 467 g/mol. The molecule has 1 aliphatic heterocycles. The van der Waals surface area contributed by atoms with Crippen molar-refractivity contribution < 1.29 is 4.39 Å². The molecule has 3 heterocycles. The summed E-state index contributed by atoms with van der Waals surface area (Å²) in [5.74, 6) is 0.407. The molecule has 0 radical (unpaired) electrons. The number of aromatic nitrogens is 4. The van der Waals surface area contributed by atoms with E-state index in [9.17, 15) is 9.18 Å². The average molecular weight is 505 g/mol. The van der Waals surface area contributed by atoms with Crippen molar-refractivity contribution in [3.05, 3.63) is 75.8 Å². The van der Waals surface area contributed by atoms with E-state index in [-0.39, 0.29) is 11.0 Å². The molecule has 8 heteroatoms. The van der Waals surface area contributed by atoms with Crippen LogP contribution in [0.25, 0.3) is 16.7 Å². The molecule has 0 bridgehead atoms. The Hall–Kier alpha value is -3.52. The minimum atomic E-state index is -1.51. The number of anilines is 2. The van der Waals surface area contributed by atoms with Crippen LogP contribution in [-0.4, -0.2) is 31.5 Å². The first-order valence-electron chi connectivity index (χ1n) is 12.7. The van der Waals surface area contributed by atoms with Gasteiger partial charge in [0.15, 0.2) is 5.65 Å². The molecule has 2 aromatic heterocycles. The molecule has 37 heavy (non-hydrogen) atoms. The molecule has 0 amide bonds. The second-order valence-corrected chi connectivity index (χ2v) is 10.9. The van der Waals surface area contributed by atoms with Crippen LogP contribution in [-0.2, 0) is 18.5 Å². The van der Waals surface area contributed by atoms with Crippen LogP contribution in [0, 0.1) is 0 Å². The van der Waals surface area contributed by atoms with Crippen LogP contribution in [0.2, 0.25) is 0 Å². The Labute approximate surface area is 217 Å². The molecule has 1 aromatic carbocycles. The lowest BCUT2D eigenvalue weighted by Gasteiger charge is -2.33. The van der Waals surface area contributed by atoms with Gasteiger partial charge in [-0.05, 0) is 75.1 Å². The summed E-state index contributed by atoms with van der Waals surface area (Å²) in [5.41, 5.74) is 4.30. The molecule has 2 N–H and O–H groups in total. The molecular formula is C29H37FN6O. The second-order valence-electron chi connectivity index (χ2n) is 10.9. The summed E-state index contributed by atoms with van der Waals surface area (Å²) in [6.07, 6.45) is 5.24. The van der Waals surface area contributed by atoms with E-state index in [1.807, 2.05) is 39.0 Å². The van der Waals surface area contributed by atoms with Crippen LogP contribution in [0.3, 0.4) is 0 Å². The van der Waals surface area contributed by atoms with Crippen LogP contribution in [0.15, 0.2) is 59.1 Å². The van der Waals surface area contributed by atoms with Gasteiger partial charge in [0.05, 0.1) is 0 Å². The van der Waals surface area contributed by atoms with E-state index in [4.69, 9.17) is 4.98 Å². The number of nitrogens with zero attached hydrogens (tertiary/aromatic N) is 4. The van der Waals surface area contributed by atoms with Gasteiger partial charge in [-0.25, -0.2) is 18.7 Å². The zero-order valence-corrected chi connectivity index (χ0v) is 22.9. The molecule has 0 atom stereocenters. The number of fused-ring (bicyclic) bond motifs is 2. The lowest BCUT2D eigenvalue weighted by molar-refractivity contribution is 0.272. The highest BCUT2D eigenvalue weighted by Crippen LogP contribution is 2.32. The Bertz CT molecular complexity index is 1480. The lowest BCUT2D eigenvalue weighted by atomic mass is 9.79. The summed E-state index contributed by atoms with van der Waals surface area (Å²) in [6.45, 7) is 19.2.